The van der Waals surface area contributed by atoms with Crippen LogP contribution in [0.2, 0.25) is 5.02 Å². The van der Waals surface area contributed by atoms with Crippen LogP contribution >= 0.6 is 11.6 Å². The predicted molar refractivity (Wildman–Crippen MR) is 120 cm³/mol. The van der Waals surface area contributed by atoms with E-state index >= 15 is 0 Å². The summed E-state index contributed by atoms with van der Waals surface area (Å²) in [4.78, 5) is 30.6. The minimum atomic E-state index is -2.72. The van der Waals surface area contributed by atoms with Gasteiger partial charge in [0.15, 0.2) is 0 Å². The van der Waals surface area contributed by atoms with Crippen molar-refractivity contribution in [3.05, 3.63) is 68.2 Å². The number of aryl methyl sites for hydroxylation is 1. The molecule has 3 heterocycles. The van der Waals surface area contributed by atoms with Crippen molar-refractivity contribution in [3.8, 4) is 0 Å². The van der Waals surface area contributed by atoms with Gasteiger partial charge < -0.3 is 9.88 Å². The number of rotatable bonds is 2. The molecule has 0 bridgehead atoms. The quantitative estimate of drug-likeness (QED) is 0.476. The van der Waals surface area contributed by atoms with Crippen LogP contribution < -0.4 is 10.5 Å². The topological polar surface area (TPSA) is 83.4 Å². The Balaban J connectivity index is 1.47. The van der Waals surface area contributed by atoms with E-state index in [0.717, 1.165) is 11.3 Å². The number of amides is 1. The van der Waals surface area contributed by atoms with E-state index in [9.17, 15) is 18.4 Å². The summed E-state index contributed by atoms with van der Waals surface area (Å²) in [5, 5.41) is 8.62. The van der Waals surface area contributed by atoms with Crippen molar-refractivity contribution in [1.29, 1.82) is 0 Å². The highest BCUT2D eigenvalue weighted by Crippen LogP contribution is 2.47. The molecular formula is C23H18ClF2N5O2. The zero-order chi connectivity index (χ0) is 23.1. The molecule has 0 radical (unpaired) electrons. The SMILES string of the molecule is Cc1cc2c(cc1C(=O)N1CCc3cc(Cl)ccc31)[nH]c(=O)c1nnc(C3CC(F)(F)C3)n12. The fraction of sp³-hybridized carbons (Fsp3) is 0.304. The second kappa shape index (κ2) is 6.84. The number of anilines is 1. The van der Waals surface area contributed by atoms with Gasteiger partial charge in [-0.1, -0.05) is 11.6 Å². The Bertz CT molecular complexity index is 1540. The van der Waals surface area contributed by atoms with Crippen LogP contribution in [-0.4, -0.2) is 38.0 Å². The molecule has 6 rings (SSSR count). The second-order valence-electron chi connectivity index (χ2n) is 8.80. The maximum Gasteiger partial charge on any atom is 0.294 e. The molecule has 1 N–H and O–H groups in total. The van der Waals surface area contributed by atoms with Crippen LogP contribution in [-0.2, 0) is 6.42 Å². The molecular weight excluding hydrogens is 452 g/mol. The van der Waals surface area contributed by atoms with Gasteiger partial charge in [0.25, 0.3) is 11.5 Å². The molecule has 1 aliphatic heterocycles. The van der Waals surface area contributed by atoms with Gasteiger partial charge in [0.05, 0.1) is 11.0 Å². The lowest BCUT2D eigenvalue weighted by molar-refractivity contribution is -0.0886. The van der Waals surface area contributed by atoms with Crippen LogP contribution in [0, 0.1) is 6.92 Å². The molecule has 2 aromatic heterocycles. The fourth-order valence-corrected chi connectivity index (χ4v) is 5.10. The fourth-order valence-electron chi connectivity index (χ4n) is 4.90. The van der Waals surface area contributed by atoms with E-state index in [2.05, 4.69) is 15.2 Å². The van der Waals surface area contributed by atoms with Crippen molar-refractivity contribution in [2.75, 3.05) is 11.4 Å². The van der Waals surface area contributed by atoms with Gasteiger partial charge in [-0.3, -0.25) is 14.0 Å². The van der Waals surface area contributed by atoms with Crippen LogP contribution in [0.5, 0.6) is 0 Å². The Hall–Kier alpha value is -3.33. The van der Waals surface area contributed by atoms with Crippen molar-refractivity contribution in [3.63, 3.8) is 0 Å². The minimum Gasteiger partial charge on any atom is -0.317 e. The van der Waals surface area contributed by atoms with Gasteiger partial charge in [-0.25, -0.2) is 8.78 Å². The number of carbonyl (C=O) groups excluding carboxylic acids is 1. The number of nitrogens with zero attached hydrogens (tertiary/aromatic N) is 4. The molecule has 1 fully saturated rings. The third kappa shape index (κ3) is 3.06. The number of aromatic nitrogens is 4. The smallest absolute Gasteiger partial charge is 0.294 e. The van der Waals surface area contributed by atoms with Gasteiger partial charge in [-0.05, 0) is 54.8 Å². The summed E-state index contributed by atoms with van der Waals surface area (Å²) in [5.74, 6) is -3.04. The zero-order valence-electron chi connectivity index (χ0n) is 17.5. The number of halogens is 3. The molecule has 1 aliphatic carbocycles. The predicted octanol–water partition coefficient (Wildman–Crippen LogP) is 4.25. The highest BCUT2D eigenvalue weighted by molar-refractivity contribution is 6.30. The van der Waals surface area contributed by atoms with Gasteiger partial charge >= 0.3 is 0 Å². The average molecular weight is 470 g/mol. The number of alkyl halides is 2. The lowest BCUT2D eigenvalue weighted by atomic mass is 9.81. The molecule has 0 unspecified atom stereocenters. The lowest BCUT2D eigenvalue weighted by Crippen LogP contribution is -2.35. The van der Waals surface area contributed by atoms with Crippen molar-refractivity contribution < 1.29 is 13.6 Å². The number of carbonyl (C=O) groups is 1. The molecule has 10 heteroatoms. The highest BCUT2D eigenvalue weighted by Gasteiger charge is 2.48. The maximum atomic E-state index is 13.5. The summed E-state index contributed by atoms with van der Waals surface area (Å²) in [6.45, 7) is 2.34. The van der Waals surface area contributed by atoms with Crippen molar-refractivity contribution in [2.24, 2.45) is 0 Å². The van der Waals surface area contributed by atoms with Gasteiger partial charge in [-0.15, -0.1) is 10.2 Å². The Morgan fingerprint density at radius 3 is 2.76 bits per heavy atom. The Kier molecular flexibility index (Phi) is 4.20. The van der Waals surface area contributed by atoms with Crippen LogP contribution in [0.3, 0.4) is 0 Å². The van der Waals surface area contributed by atoms with E-state index < -0.39 is 17.4 Å². The van der Waals surface area contributed by atoms with E-state index in [4.69, 9.17) is 11.6 Å². The molecule has 1 saturated carbocycles. The second-order valence-corrected chi connectivity index (χ2v) is 9.23. The summed E-state index contributed by atoms with van der Waals surface area (Å²) < 4.78 is 28.5. The summed E-state index contributed by atoms with van der Waals surface area (Å²) in [6.07, 6.45) is 0.0633. The molecule has 2 aromatic carbocycles. The molecule has 0 atom stereocenters. The van der Waals surface area contributed by atoms with Crippen LogP contribution in [0.4, 0.5) is 14.5 Å². The van der Waals surface area contributed by atoms with E-state index in [1.165, 1.54) is 0 Å². The van der Waals surface area contributed by atoms with E-state index in [0.29, 0.717) is 46.0 Å². The number of nitrogens with one attached hydrogen (secondary N) is 1. The summed E-state index contributed by atoms with van der Waals surface area (Å²) in [6, 6.07) is 8.87. The molecule has 0 spiro atoms. The maximum absolute atomic E-state index is 13.5. The first-order chi connectivity index (χ1) is 15.7. The van der Waals surface area contributed by atoms with Crippen molar-refractivity contribution in [1.82, 2.24) is 19.6 Å². The number of benzene rings is 2. The van der Waals surface area contributed by atoms with Gasteiger partial charge in [-0.2, -0.15) is 0 Å². The molecule has 2 aliphatic rings. The number of H-pyrrole nitrogens is 1. The van der Waals surface area contributed by atoms with Gasteiger partial charge in [0.1, 0.15) is 5.82 Å². The highest BCUT2D eigenvalue weighted by atomic mass is 35.5. The number of fused-ring (bicyclic) bond motifs is 4. The zero-order valence-corrected chi connectivity index (χ0v) is 18.3. The Morgan fingerprint density at radius 2 is 2.00 bits per heavy atom. The van der Waals surface area contributed by atoms with Crippen LogP contribution in [0.15, 0.2) is 35.1 Å². The monoisotopic (exact) mass is 469 g/mol. The number of aromatic amines is 1. The number of hydrogen-bond donors (Lipinski definition) is 1. The summed E-state index contributed by atoms with van der Waals surface area (Å²) in [7, 11) is 0. The van der Waals surface area contributed by atoms with Gasteiger partial charge in [0, 0.05) is 41.6 Å². The third-order valence-electron chi connectivity index (χ3n) is 6.59. The van der Waals surface area contributed by atoms with E-state index in [-0.39, 0.29) is 24.4 Å². The largest absolute Gasteiger partial charge is 0.317 e. The van der Waals surface area contributed by atoms with Crippen molar-refractivity contribution in [2.45, 2.75) is 38.0 Å². The third-order valence-corrected chi connectivity index (χ3v) is 6.83. The van der Waals surface area contributed by atoms with Crippen molar-refractivity contribution >= 4 is 39.9 Å². The summed E-state index contributed by atoms with van der Waals surface area (Å²) in [5.41, 5.74) is 3.53. The Labute approximate surface area is 191 Å². The van der Waals surface area contributed by atoms with E-state index in [1.807, 2.05) is 19.1 Å². The molecule has 168 valence electrons. The Morgan fingerprint density at radius 1 is 1.21 bits per heavy atom. The molecule has 4 aromatic rings. The van der Waals surface area contributed by atoms with E-state index in [1.54, 1.807) is 27.5 Å². The molecule has 7 nitrogen and oxygen atoms in total. The minimum absolute atomic E-state index is 0.0524. The standard InChI is InChI=1S/C23H18ClF2N5O2/c1-11-6-18-16(8-15(11)22(33)30-5-4-12-7-14(24)2-3-17(12)30)27-21(32)20-29-28-19(31(18)20)13-9-23(25,26)10-13/h2-3,6-8,13H,4-5,9-10H2,1H3,(H,27,32). The lowest BCUT2D eigenvalue weighted by Gasteiger charge is -2.33. The first-order valence-corrected chi connectivity index (χ1v) is 11.0. The average Bonchev–Trinajstić information content (AvgIpc) is 3.36. The summed E-state index contributed by atoms with van der Waals surface area (Å²) >= 11 is 6.09. The van der Waals surface area contributed by atoms with Gasteiger partial charge in [0.2, 0.25) is 11.6 Å². The normalized spacial score (nSPS) is 17.5. The number of hydrogen-bond acceptors (Lipinski definition) is 4. The van der Waals surface area contributed by atoms with Crippen LogP contribution in [0.25, 0.3) is 16.7 Å². The first kappa shape index (κ1) is 20.3. The van der Waals surface area contributed by atoms with Crippen LogP contribution in [0.1, 0.15) is 46.1 Å². The first-order valence-electron chi connectivity index (χ1n) is 10.6. The molecule has 1 amide bonds. The molecule has 33 heavy (non-hydrogen) atoms. The molecule has 0 saturated heterocycles.